The summed E-state index contributed by atoms with van der Waals surface area (Å²) in [5, 5.41) is 0. The minimum Gasteiger partial charge on any atom is -0.466 e. The first kappa shape index (κ1) is 9.47. The van der Waals surface area contributed by atoms with Crippen LogP contribution in [0.3, 0.4) is 0 Å². The molecule has 60 valence electrons. The molecule has 0 radical (unpaired) electrons. The van der Waals surface area contributed by atoms with Gasteiger partial charge >= 0.3 is 5.97 Å². The molecule has 0 N–H and O–H groups in total. The van der Waals surface area contributed by atoms with Crippen molar-refractivity contribution < 1.29 is 9.53 Å². The predicted octanol–water partition coefficient (Wildman–Crippen LogP) is 2.13. The molecular formula is C8H16O2. The lowest BCUT2D eigenvalue weighted by Gasteiger charge is -1.93. The van der Waals surface area contributed by atoms with E-state index >= 15 is 0 Å². The third-order valence-electron chi connectivity index (χ3n) is 1.29. The summed E-state index contributed by atoms with van der Waals surface area (Å²) in [6.45, 7) is 4.64. The van der Waals surface area contributed by atoms with Gasteiger partial charge in [0.15, 0.2) is 0 Å². The van der Waals surface area contributed by atoms with E-state index in [4.69, 9.17) is 4.74 Å². The van der Waals surface area contributed by atoms with Gasteiger partial charge in [-0.3, -0.25) is 4.79 Å². The van der Waals surface area contributed by atoms with Gasteiger partial charge in [-0.15, -0.1) is 0 Å². The lowest BCUT2D eigenvalue weighted by atomic mass is 10.2. The van der Waals surface area contributed by atoms with Gasteiger partial charge in [0.1, 0.15) is 0 Å². The molecule has 1 heterocycles. The molecule has 0 atom stereocenters. The van der Waals surface area contributed by atoms with Crippen LogP contribution in [0.1, 0.15) is 39.5 Å². The van der Waals surface area contributed by atoms with Crippen molar-refractivity contribution in [3.8, 4) is 0 Å². The third kappa shape index (κ3) is 4.36. The van der Waals surface area contributed by atoms with Crippen LogP contribution in [-0.4, -0.2) is 12.6 Å². The van der Waals surface area contributed by atoms with Gasteiger partial charge in [0, 0.05) is 6.42 Å². The van der Waals surface area contributed by atoms with E-state index in [-0.39, 0.29) is 5.97 Å². The van der Waals surface area contributed by atoms with Crippen LogP contribution in [0.4, 0.5) is 0 Å². The average Bonchev–Trinajstić information content (AvgIpc) is 2.21. The lowest BCUT2D eigenvalue weighted by molar-refractivity contribution is -0.142. The fourth-order valence-electron chi connectivity index (χ4n) is 0.806. The summed E-state index contributed by atoms with van der Waals surface area (Å²) < 4.78 is 4.76. The highest BCUT2D eigenvalue weighted by Gasteiger charge is 2.05. The Morgan fingerprint density at radius 1 is 1.20 bits per heavy atom. The highest BCUT2D eigenvalue weighted by Crippen LogP contribution is 2.06. The summed E-state index contributed by atoms with van der Waals surface area (Å²) in [5.41, 5.74) is 0. The first-order chi connectivity index (χ1) is 4.89. The molecule has 0 unspecified atom stereocenters. The summed E-state index contributed by atoms with van der Waals surface area (Å²) in [6.07, 6.45) is 3.83. The van der Waals surface area contributed by atoms with Crippen LogP contribution in [0.5, 0.6) is 0 Å². The number of ether oxygens (including phenoxy) is 1. The molecular weight excluding hydrogens is 128 g/mol. The van der Waals surface area contributed by atoms with Gasteiger partial charge in [0.05, 0.1) is 6.61 Å². The molecule has 1 aliphatic heterocycles. The molecule has 0 spiro atoms. The molecule has 1 saturated heterocycles. The van der Waals surface area contributed by atoms with Gasteiger partial charge in [0.2, 0.25) is 0 Å². The van der Waals surface area contributed by atoms with Crippen molar-refractivity contribution in [2.75, 3.05) is 6.61 Å². The van der Waals surface area contributed by atoms with Crippen molar-refractivity contribution in [1.29, 1.82) is 0 Å². The quantitative estimate of drug-likeness (QED) is 0.487. The summed E-state index contributed by atoms with van der Waals surface area (Å²) in [6, 6.07) is 0. The molecule has 1 aliphatic rings. The number of esters is 1. The third-order valence-corrected chi connectivity index (χ3v) is 1.29. The molecule has 0 amide bonds. The van der Waals surface area contributed by atoms with Crippen molar-refractivity contribution in [3.05, 3.63) is 0 Å². The van der Waals surface area contributed by atoms with E-state index in [1.807, 2.05) is 13.8 Å². The van der Waals surface area contributed by atoms with Gasteiger partial charge < -0.3 is 4.74 Å². The minimum absolute atomic E-state index is 0.0255. The predicted molar refractivity (Wildman–Crippen MR) is 40.8 cm³/mol. The van der Waals surface area contributed by atoms with E-state index in [1.165, 1.54) is 0 Å². The normalized spacial score (nSPS) is 18.0. The molecule has 10 heavy (non-hydrogen) atoms. The maximum absolute atomic E-state index is 10.5. The van der Waals surface area contributed by atoms with Crippen LogP contribution < -0.4 is 0 Å². The number of cyclic esters (lactones) is 1. The molecule has 0 aromatic carbocycles. The van der Waals surface area contributed by atoms with Crippen LogP contribution in [0, 0.1) is 0 Å². The Kier molecular flexibility index (Phi) is 6.24. The largest absolute Gasteiger partial charge is 0.466 e. The fourth-order valence-corrected chi connectivity index (χ4v) is 0.806. The molecule has 2 nitrogen and oxygen atoms in total. The van der Waals surface area contributed by atoms with E-state index in [9.17, 15) is 4.79 Å². The highest BCUT2D eigenvalue weighted by atomic mass is 16.5. The monoisotopic (exact) mass is 144 g/mol. The second-order valence-electron chi connectivity index (χ2n) is 2.03. The zero-order valence-corrected chi connectivity index (χ0v) is 6.85. The zero-order chi connectivity index (χ0) is 7.82. The van der Waals surface area contributed by atoms with Crippen LogP contribution in [0.15, 0.2) is 0 Å². The summed E-state index contributed by atoms with van der Waals surface area (Å²) in [5.74, 6) is -0.0255. The smallest absolute Gasteiger partial charge is 0.305 e. The number of hydrogen-bond donors (Lipinski definition) is 0. The number of rotatable bonds is 0. The number of hydrogen-bond acceptors (Lipinski definition) is 2. The second kappa shape index (κ2) is 6.59. The molecule has 0 saturated carbocycles. The summed E-state index contributed by atoms with van der Waals surface area (Å²) in [7, 11) is 0. The Morgan fingerprint density at radius 3 is 2.60 bits per heavy atom. The molecule has 0 aliphatic carbocycles. The molecule has 0 aromatic rings. The van der Waals surface area contributed by atoms with Crippen molar-refractivity contribution in [2.45, 2.75) is 39.5 Å². The fraction of sp³-hybridized carbons (Fsp3) is 0.875. The maximum atomic E-state index is 10.5. The summed E-state index contributed by atoms with van der Waals surface area (Å²) in [4.78, 5) is 10.5. The first-order valence-electron chi connectivity index (χ1n) is 4.05. The number of carbonyl (C=O) groups excluding carboxylic acids is 1. The van der Waals surface area contributed by atoms with E-state index in [0.29, 0.717) is 13.0 Å². The number of carbonyl (C=O) groups is 1. The van der Waals surface area contributed by atoms with Crippen molar-refractivity contribution in [3.63, 3.8) is 0 Å². The SMILES string of the molecule is CC.O=C1CCCCCO1. The summed E-state index contributed by atoms with van der Waals surface area (Å²) >= 11 is 0. The molecule has 1 fully saturated rings. The van der Waals surface area contributed by atoms with Gasteiger partial charge in [-0.25, -0.2) is 0 Å². The molecule has 2 heteroatoms. The van der Waals surface area contributed by atoms with Gasteiger partial charge in [-0.05, 0) is 19.3 Å². The van der Waals surface area contributed by atoms with Crippen molar-refractivity contribution in [1.82, 2.24) is 0 Å². The van der Waals surface area contributed by atoms with Crippen molar-refractivity contribution >= 4 is 5.97 Å². The van der Waals surface area contributed by atoms with Gasteiger partial charge in [0.25, 0.3) is 0 Å². The highest BCUT2D eigenvalue weighted by molar-refractivity contribution is 5.69. The topological polar surface area (TPSA) is 26.3 Å². The molecule has 0 aromatic heterocycles. The second-order valence-corrected chi connectivity index (χ2v) is 2.03. The molecule has 0 bridgehead atoms. The van der Waals surface area contributed by atoms with Crippen LogP contribution >= 0.6 is 0 Å². The van der Waals surface area contributed by atoms with Crippen molar-refractivity contribution in [2.24, 2.45) is 0 Å². The van der Waals surface area contributed by atoms with Gasteiger partial charge in [-0.2, -0.15) is 0 Å². The van der Waals surface area contributed by atoms with E-state index < -0.39 is 0 Å². The van der Waals surface area contributed by atoms with Crippen LogP contribution in [0.2, 0.25) is 0 Å². The Morgan fingerprint density at radius 2 is 1.90 bits per heavy atom. The van der Waals surface area contributed by atoms with E-state index in [1.54, 1.807) is 0 Å². The Labute approximate surface area is 62.6 Å². The standard InChI is InChI=1S/C6H10O2.C2H6/c7-6-4-2-1-3-5-8-6;1-2/h1-5H2;1-2H3. The van der Waals surface area contributed by atoms with Crippen LogP contribution in [-0.2, 0) is 9.53 Å². The Balaban J connectivity index is 0.000000371. The van der Waals surface area contributed by atoms with Gasteiger partial charge in [-0.1, -0.05) is 13.8 Å². The van der Waals surface area contributed by atoms with E-state index in [0.717, 1.165) is 19.3 Å². The first-order valence-corrected chi connectivity index (χ1v) is 4.05. The minimum atomic E-state index is -0.0255. The lowest BCUT2D eigenvalue weighted by Crippen LogP contribution is -2.00. The zero-order valence-electron chi connectivity index (χ0n) is 6.85. The Bertz CT molecular complexity index is 79.3. The Hall–Kier alpha value is -0.530. The van der Waals surface area contributed by atoms with E-state index in [2.05, 4.69) is 0 Å². The maximum Gasteiger partial charge on any atom is 0.305 e. The van der Waals surface area contributed by atoms with Crippen LogP contribution in [0.25, 0.3) is 0 Å². The molecule has 1 rings (SSSR count). The average molecular weight is 144 g/mol.